The Hall–Kier alpha value is -0.660. The van der Waals surface area contributed by atoms with E-state index in [2.05, 4.69) is 22.6 Å². The molecule has 0 heterocycles. The molecule has 0 amide bonds. The topological polar surface area (TPSA) is 60.2 Å². The van der Waals surface area contributed by atoms with E-state index in [-0.39, 0.29) is 3.92 Å². The van der Waals surface area contributed by atoms with Crippen LogP contribution in [0.4, 0.5) is 0 Å². The molecule has 0 aromatic heterocycles. The Morgan fingerprint density at radius 1 is 1.22 bits per heavy atom. The summed E-state index contributed by atoms with van der Waals surface area (Å²) in [5.41, 5.74) is 0.966. The number of allylic oxidation sites excluding steroid dienone is 3. The van der Waals surface area contributed by atoms with Gasteiger partial charge in [-0.05, 0) is 12.0 Å². The predicted molar refractivity (Wildman–Crippen MR) is 82.1 cm³/mol. The standard InChI is InChI=1S/C13H14INO2S/c14-12-8-4-5-9-13(12,18(15,16)17)10-11-6-2-1-3-7-11/h1-9,12H,10H2,(H2,15,16,17). The molecule has 0 aliphatic heterocycles. The van der Waals surface area contributed by atoms with Crippen LogP contribution in [0.15, 0.2) is 54.6 Å². The highest BCUT2D eigenvalue weighted by atomic mass is 127. The second-order valence-electron chi connectivity index (χ2n) is 4.31. The second-order valence-corrected chi connectivity index (χ2v) is 7.50. The molecule has 96 valence electrons. The third kappa shape index (κ3) is 2.53. The van der Waals surface area contributed by atoms with Crippen LogP contribution in [0.1, 0.15) is 5.56 Å². The summed E-state index contributed by atoms with van der Waals surface area (Å²) in [6, 6.07) is 9.55. The zero-order valence-corrected chi connectivity index (χ0v) is 12.6. The molecule has 2 atom stereocenters. The number of nitrogens with two attached hydrogens (primary N) is 1. The van der Waals surface area contributed by atoms with Crippen LogP contribution < -0.4 is 5.14 Å². The molecule has 1 aliphatic rings. The normalized spacial score (nSPS) is 27.3. The summed E-state index contributed by atoms with van der Waals surface area (Å²) in [7, 11) is -3.68. The van der Waals surface area contributed by atoms with Gasteiger partial charge in [-0.1, -0.05) is 77.2 Å². The molecule has 0 bridgehead atoms. The van der Waals surface area contributed by atoms with Crippen molar-refractivity contribution in [1.82, 2.24) is 0 Å². The highest BCUT2D eigenvalue weighted by Crippen LogP contribution is 2.34. The van der Waals surface area contributed by atoms with Crippen molar-refractivity contribution in [2.24, 2.45) is 5.14 Å². The molecule has 0 saturated carbocycles. The summed E-state index contributed by atoms with van der Waals surface area (Å²) in [5.74, 6) is 0. The summed E-state index contributed by atoms with van der Waals surface area (Å²) in [4.78, 5) is 0. The number of rotatable bonds is 3. The zero-order chi connectivity index (χ0) is 13.2. The monoisotopic (exact) mass is 375 g/mol. The van der Waals surface area contributed by atoms with Crippen LogP contribution in [0, 0.1) is 0 Å². The molecule has 0 radical (unpaired) electrons. The number of halogens is 1. The SMILES string of the molecule is NS(=O)(=O)C1(Cc2ccccc2)C=CC=CC1I. The predicted octanol–water partition coefficient (Wildman–Crippen LogP) is 2.19. The molecular formula is C13H14INO2S. The first-order valence-electron chi connectivity index (χ1n) is 5.52. The Morgan fingerprint density at radius 3 is 2.44 bits per heavy atom. The summed E-state index contributed by atoms with van der Waals surface area (Å²) in [6.45, 7) is 0. The summed E-state index contributed by atoms with van der Waals surface area (Å²) in [6.07, 6.45) is 7.56. The lowest BCUT2D eigenvalue weighted by Gasteiger charge is -2.33. The number of benzene rings is 1. The van der Waals surface area contributed by atoms with Gasteiger partial charge in [0.2, 0.25) is 10.0 Å². The maximum atomic E-state index is 12.0. The van der Waals surface area contributed by atoms with Gasteiger partial charge in [-0.25, -0.2) is 13.6 Å². The molecule has 3 nitrogen and oxygen atoms in total. The van der Waals surface area contributed by atoms with Crippen molar-refractivity contribution < 1.29 is 8.42 Å². The van der Waals surface area contributed by atoms with Crippen molar-refractivity contribution in [1.29, 1.82) is 0 Å². The van der Waals surface area contributed by atoms with Crippen LogP contribution >= 0.6 is 22.6 Å². The molecule has 0 saturated heterocycles. The van der Waals surface area contributed by atoms with E-state index >= 15 is 0 Å². The van der Waals surface area contributed by atoms with Crippen LogP contribution in [-0.2, 0) is 16.4 Å². The summed E-state index contributed by atoms with van der Waals surface area (Å²) < 4.78 is 22.8. The Balaban J connectivity index is 2.45. The molecule has 1 aliphatic carbocycles. The second kappa shape index (κ2) is 5.14. The van der Waals surface area contributed by atoms with Gasteiger partial charge in [0.15, 0.2) is 0 Å². The summed E-state index contributed by atoms with van der Waals surface area (Å²) >= 11 is 2.13. The first kappa shape index (κ1) is 13.8. The largest absolute Gasteiger partial charge is 0.228 e. The van der Waals surface area contributed by atoms with Crippen LogP contribution in [0.25, 0.3) is 0 Å². The van der Waals surface area contributed by atoms with E-state index in [0.29, 0.717) is 6.42 Å². The zero-order valence-electron chi connectivity index (χ0n) is 9.66. The van der Waals surface area contributed by atoms with E-state index < -0.39 is 14.8 Å². The van der Waals surface area contributed by atoms with E-state index in [9.17, 15) is 8.42 Å². The third-order valence-electron chi connectivity index (χ3n) is 3.09. The van der Waals surface area contributed by atoms with Crippen molar-refractivity contribution in [2.45, 2.75) is 15.1 Å². The Labute approximate surface area is 121 Å². The van der Waals surface area contributed by atoms with Gasteiger partial charge in [-0.3, -0.25) is 0 Å². The number of alkyl halides is 1. The van der Waals surface area contributed by atoms with Crippen molar-refractivity contribution in [3.05, 3.63) is 60.2 Å². The highest BCUT2D eigenvalue weighted by molar-refractivity contribution is 14.1. The number of sulfonamides is 1. The van der Waals surface area contributed by atoms with Crippen LogP contribution in [0.2, 0.25) is 0 Å². The minimum Gasteiger partial charge on any atom is -0.228 e. The van der Waals surface area contributed by atoms with E-state index in [1.165, 1.54) is 0 Å². The fourth-order valence-corrected chi connectivity index (χ4v) is 4.82. The molecule has 1 aromatic rings. The van der Waals surface area contributed by atoms with E-state index in [4.69, 9.17) is 5.14 Å². The van der Waals surface area contributed by atoms with Gasteiger partial charge in [0.1, 0.15) is 4.75 Å². The minimum atomic E-state index is -3.68. The number of hydrogen-bond acceptors (Lipinski definition) is 2. The Bertz CT molecular complexity index is 580. The first-order valence-corrected chi connectivity index (χ1v) is 8.31. The van der Waals surface area contributed by atoms with Crippen molar-refractivity contribution in [3.8, 4) is 0 Å². The van der Waals surface area contributed by atoms with Crippen molar-refractivity contribution in [2.75, 3.05) is 0 Å². The molecule has 2 unspecified atom stereocenters. The molecular weight excluding hydrogens is 361 g/mol. The van der Waals surface area contributed by atoms with Crippen LogP contribution in [-0.4, -0.2) is 17.1 Å². The lowest BCUT2D eigenvalue weighted by Crippen LogP contribution is -2.50. The van der Waals surface area contributed by atoms with Gasteiger partial charge in [0.05, 0.1) is 3.92 Å². The van der Waals surface area contributed by atoms with Gasteiger partial charge >= 0.3 is 0 Å². The van der Waals surface area contributed by atoms with E-state index in [0.717, 1.165) is 5.56 Å². The molecule has 5 heteroatoms. The quantitative estimate of drug-likeness (QED) is 0.651. The highest BCUT2D eigenvalue weighted by Gasteiger charge is 2.45. The fraction of sp³-hybridized carbons (Fsp3) is 0.231. The van der Waals surface area contributed by atoms with Crippen LogP contribution in [0.5, 0.6) is 0 Å². The smallest absolute Gasteiger partial charge is 0.220 e. The molecule has 2 rings (SSSR count). The number of primary sulfonamides is 1. The van der Waals surface area contributed by atoms with Gasteiger partial charge in [0, 0.05) is 0 Å². The minimum absolute atomic E-state index is 0.171. The molecule has 0 spiro atoms. The van der Waals surface area contributed by atoms with Crippen molar-refractivity contribution >= 4 is 32.6 Å². The van der Waals surface area contributed by atoms with Gasteiger partial charge in [-0.15, -0.1) is 0 Å². The maximum absolute atomic E-state index is 12.0. The van der Waals surface area contributed by atoms with Gasteiger partial charge in [-0.2, -0.15) is 0 Å². The molecule has 1 aromatic carbocycles. The first-order chi connectivity index (χ1) is 8.46. The van der Waals surface area contributed by atoms with Gasteiger partial charge < -0.3 is 0 Å². The molecule has 18 heavy (non-hydrogen) atoms. The van der Waals surface area contributed by atoms with Gasteiger partial charge in [0.25, 0.3) is 0 Å². The average molecular weight is 375 g/mol. The maximum Gasteiger partial charge on any atom is 0.220 e. The Kier molecular flexibility index (Phi) is 3.93. The van der Waals surface area contributed by atoms with E-state index in [1.807, 2.05) is 42.5 Å². The fourth-order valence-electron chi connectivity index (χ4n) is 2.06. The lowest BCUT2D eigenvalue weighted by atomic mass is 9.92. The van der Waals surface area contributed by atoms with E-state index in [1.54, 1.807) is 12.2 Å². The molecule has 2 N–H and O–H groups in total. The van der Waals surface area contributed by atoms with Crippen molar-refractivity contribution in [3.63, 3.8) is 0 Å². The third-order valence-corrected chi connectivity index (χ3v) is 6.63. The summed E-state index contributed by atoms with van der Waals surface area (Å²) in [5, 5.41) is 5.47. The lowest BCUT2D eigenvalue weighted by molar-refractivity contribution is 0.555. The number of hydrogen-bond donors (Lipinski definition) is 1. The average Bonchev–Trinajstić information content (AvgIpc) is 2.32. The molecule has 0 fully saturated rings. The van der Waals surface area contributed by atoms with Crippen LogP contribution in [0.3, 0.4) is 0 Å². The Morgan fingerprint density at radius 2 is 1.89 bits per heavy atom.